The standard InChI is InChI=1S/C13H13N3O7/c1-7(14)12(19)22-4-5-23-13(20)15-8-2-3-9(10(17)6-8)11(18)16-21/h2-3,6,14,17H,4-5H2,1H3,(H,15,20). The van der Waals surface area contributed by atoms with Crippen LogP contribution in [0.2, 0.25) is 0 Å². The number of aromatic hydroxyl groups is 1. The Morgan fingerprint density at radius 2 is 1.91 bits per heavy atom. The Hall–Kier alpha value is -3.30. The van der Waals surface area contributed by atoms with E-state index in [4.69, 9.17) is 10.1 Å². The molecule has 1 aromatic rings. The summed E-state index contributed by atoms with van der Waals surface area (Å²) < 4.78 is 9.29. The highest BCUT2D eigenvalue weighted by Crippen LogP contribution is 2.22. The first-order valence-corrected chi connectivity index (χ1v) is 6.22. The molecule has 0 fully saturated rings. The second-order valence-electron chi connectivity index (χ2n) is 4.15. The molecule has 122 valence electrons. The van der Waals surface area contributed by atoms with Crippen molar-refractivity contribution >= 4 is 29.4 Å². The lowest BCUT2D eigenvalue weighted by Crippen LogP contribution is -2.20. The van der Waals surface area contributed by atoms with Gasteiger partial charge < -0.3 is 14.6 Å². The number of nitrogens with zero attached hydrogens (tertiary/aromatic N) is 1. The fourth-order valence-electron chi connectivity index (χ4n) is 1.37. The summed E-state index contributed by atoms with van der Waals surface area (Å²) in [4.78, 5) is 43.5. The van der Waals surface area contributed by atoms with Gasteiger partial charge in [-0.05, 0) is 19.1 Å². The summed E-state index contributed by atoms with van der Waals surface area (Å²) in [5.74, 6) is -2.48. The van der Waals surface area contributed by atoms with Gasteiger partial charge in [0.2, 0.25) is 0 Å². The molecule has 0 saturated carbocycles. The number of amides is 2. The zero-order valence-electron chi connectivity index (χ0n) is 12.0. The van der Waals surface area contributed by atoms with Crippen molar-refractivity contribution in [3.8, 4) is 5.75 Å². The average molecular weight is 323 g/mol. The molecule has 0 atom stereocenters. The highest BCUT2D eigenvalue weighted by atomic mass is 16.6. The Balaban J connectivity index is 2.47. The molecule has 0 bridgehead atoms. The average Bonchev–Trinajstić information content (AvgIpc) is 2.50. The second kappa shape index (κ2) is 8.22. The summed E-state index contributed by atoms with van der Waals surface area (Å²) in [6.07, 6.45) is -0.889. The first-order valence-electron chi connectivity index (χ1n) is 6.22. The molecule has 0 aliphatic heterocycles. The Morgan fingerprint density at radius 1 is 1.26 bits per heavy atom. The van der Waals surface area contributed by atoms with Gasteiger partial charge in [0.05, 0.1) is 5.56 Å². The van der Waals surface area contributed by atoms with Gasteiger partial charge in [0.1, 0.15) is 24.7 Å². The number of esters is 1. The molecule has 23 heavy (non-hydrogen) atoms. The van der Waals surface area contributed by atoms with Crippen molar-refractivity contribution < 1.29 is 29.0 Å². The summed E-state index contributed by atoms with van der Waals surface area (Å²) >= 11 is 0. The number of carbonyl (C=O) groups excluding carboxylic acids is 3. The number of ether oxygens (including phenoxy) is 2. The van der Waals surface area contributed by atoms with Crippen LogP contribution < -0.4 is 5.32 Å². The van der Waals surface area contributed by atoms with E-state index in [-0.39, 0.29) is 30.2 Å². The smallest absolute Gasteiger partial charge is 0.411 e. The predicted octanol–water partition coefficient (Wildman–Crippen LogP) is 1.43. The number of nitrogens with one attached hydrogen (secondary N) is 2. The van der Waals surface area contributed by atoms with Crippen LogP contribution in [0.1, 0.15) is 17.3 Å². The molecule has 10 heteroatoms. The normalized spacial score (nSPS) is 9.61. The van der Waals surface area contributed by atoms with Crippen LogP contribution in [0.5, 0.6) is 5.75 Å². The number of anilines is 1. The lowest BCUT2D eigenvalue weighted by atomic mass is 10.1. The number of benzene rings is 1. The Morgan fingerprint density at radius 3 is 2.48 bits per heavy atom. The molecule has 0 radical (unpaired) electrons. The molecular weight excluding hydrogens is 310 g/mol. The van der Waals surface area contributed by atoms with Crippen LogP contribution in [-0.2, 0) is 14.3 Å². The summed E-state index contributed by atoms with van der Waals surface area (Å²) in [6, 6.07) is 3.42. The molecule has 10 nitrogen and oxygen atoms in total. The third kappa shape index (κ3) is 5.53. The van der Waals surface area contributed by atoms with Gasteiger partial charge in [0.25, 0.3) is 0 Å². The Kier molecular flexibility index (Phi) is 6.34. The van der Waals surface area contributed by atoms with Gasteiger partial charge in [-0.3, -0.25) is 15.5 Å². The molecule has 0 aliphatic carbocycles. The monoisotopic (exact) mass is 323 g/mol. The molecule has 0 aromatic heterocycles. The topological polar surface area (TPSA) is 155 Å². The van der Waals surface area contributed by atoms with Gasteiger partial charge in [0, 0.05) is 16.9 Å². The maximum Gasteiger partial charge on any atom is 0.411 e. The maximum atomic E-state index is 11.4. The van der Waals surface area contributed by atoms with E-state index in [0.717, 1.165) is 12.1 Å². The molecule has 2 amide bonds. The van der Waals surface area contributed by atoms with E-state index in [0.29, 0.717) is 0 Å². The predicted molar refractivity (Wildman–Crippen MR) is 77.6 cm³/mol. The van der Waals surface area contributed by atoms with E-state index in [1.165, 1.54) is 13.0 Å². The van der Waals surface area contributed by atoms with E-state index >= 15 is 0 Å². The van der Waals surface area contributed by atoms with Crippen molar-refractivity contribution in [3.63, 3.8) is 0 Å². The molecule has 0 spiro atoms. The second-order valence-corrected chi connectivity index (χ2v) is 4.15. The highest BCUT2D eigenvalue weighted by Gasteiger charge is 2.13. The van der Waals surface area contributed by atoms with Crippen molar-refractivity contribution in [2.75, 3.05) is 18.5 Å². The van der Waals surface area contributed by atoms with Gasteiger partial charge in [-0.2, -0.15) is 0 Å². The first kappa shape index (κ1) is 17.8. The summed E-state index contributed by atoms with van der Waals surface area (Å²) in [5.41, 5.74) is -0.459. The minimum absolute atomic E-state index is 0.113. The van der Waals surface area contributed by atoms with E-state index in [9.17, 15) is 24.4 Å². The van der Waals surface area contributed by atoms with Gasteiger partial charge in [0.15, 0.2) is 0 Å². The van der Waals surface area contributed by atoms with Crippen LogP contribution in [-0.4, -0.2) is 42.0 Å². The molecule has 0 saturated heterocycles. The largest absolute Gasteiger partial charge is 0.507 e. The Labute approximate surface area is 129 Å². The number of carbonyl (C=O) groups is 3. The zero-order chi connectivity index (χ0) is 17.4. The van der Waals surface area contributed by atoms with Crippen molar-refractivity contribution in [2.45, 2.75) is 6.92 Å². The molecule has 3 N–H and O–H groups in total. The van der Waals surface area contributed by atoms with Crippen LogP contribution in [0.3, 0.4) is 0 Å². The van der Waals surface area contributed by atoms with E-state index < -0.39 is 23.7 Å². The van der Waals surface area contributed by atoms with Crippen LogP contribution in [0, 0.1) is 10.3 Å². The van der Waals surface area contributed by atoms with Crippen LogP contribution in [0.4, 0.5) is 10.5 Å². The number of hydrogen-bond donors (Lipinski definition) is 3. The number of phenolic OH excluding ortho intramolecular Hbond substituents is 1. The maximum absolute atomic E-state index is 11.4. The van der Waals surface area contributed by atoms with Crippen molar-refractivity contribution in [2.24, 2.45) is 5.18 Å². The minimum atomic E-state index is -1.14. The van der Waals surface area contributed by atoms with Crippen LogP contribution in [0.25, 0.3) is 0 Å². The fraction of sp³-hybridized carbons (Fsp3) is 0.231. The number of rotatable bonds is 6. The fourth-order valence-corrected chi connectivity index (χ4v) is 1.37. The zero-order valence-corrected chi connectivity index (χ0v) is 12.0. The third-order valence-electron chi connectivity index (χ3n) is 2.41. The van der Waals surface area contributed by atoms with Crippen molar-refractivity contribution in [1.82, 2.24) is 0 Å². The summed E-state index contributed by atoms with van der Waals surface area (Å²) in [6.45, 7) is 0.811. The van der Waals surface area contributed by atoms with Crippen LogP contribution in [0.15, 0.2) is 23.4 Å². The molecule has 0 heterocycles. The third-order valence-corrected chi connectivity index (χ3v) is 2.41. The van der Waals surface area contributed by atoms with Gasteiger partial charge in [-0.15, -0.1) is 4.91 Å². The van der Waals surface area contributed by atoms with Crippen molar-refractivity contribution in [3.05, 3.63) is 28.7 Å². The number of hydrogen-bond acceptors (Lipinski definition) is 8. The van der Waals surface area contributed by atoms with E-state index in [1.54, 1.807) is 0 Å². The SMILES string of the molecule is CC(=N)C(=O)OCCOC(=O)Nc1ccc(C(=O)N=O)c(O)c1. The Bertz CT molecular complexity index is 657. The molecule has 1 aromatic carbocycles. The van der Waals surface area contributed by atoms with E-state index in [1.807, 2.05) is 0 Å². The minimum Gasteiger partial charge on any atom is -0.507 e. The highest BCUT2D eigenvalue weighted by molar-refractivity contribution is 6.33. The molecule has 0 aliphatic rings. The van der Waals surface area contributed by atoms with Crippen molar-refractivity contribution in [1.29, 1.82) is 5.41 Å². The molecule has 1 rings (SSSR count). The van der Waals surface area contributed by atoms with E-state index in [2.05, 4.69) is 15.2 Å². The number of phenols is 1. The van der Waals surface area contributed by atoms with Gasteiger partial charge >= 0.3 is 18.0 Å². The quantitative estimate of drug-likeness (QED) is 0.309. The lowest BCUT2D eigenvalue weighted by Gasteiger charge is -2.08. The first-order chi connectivity index (χ1) is 10.8. The number of nitroso groups, excluding NO2 is 1. The lowest BCUT2D eigenvalue weighted by molar-refractivity contribution is -0.136. The molecular formula is C13H13N3O7. The molecule has 0 unspecified atom stereocenters. The summed E-state index contributed by atoms with van der Waals surface area (Å²) in [7, 11) is 0. The van der Waals surface area contributed by atoms with Gasteiger partial charge in [-0.25, -0.2) is 9.59 Å². The van der Waals surface area contributed by atoms with Gasteiger partial charge in [-0.1, -0.05) is 0 Å². The summed E-state index contributed by atoms with van der Waals surface area (Å²) in [5, 5.41) is 20.9. The van der Waals surface area contributed by atoms with Crippen LogP contribution >= 0.6 is 0 Å².